The topological polar surface area (TPSA) is 44.5 Å². The summed E-state index contributed by atoms with van der Waals surface area (Å²) in [6.07, 6.45) is 3.03. The number of fused-ring (bicyclic) bond motifs is 1. The van der Waals surface area contributed by atoms with Gasteiger partial charge in [0.2, 0.25) is 0 Å². The Kier molecular flexibility index (Phi) is 3.11. The smallest absolute Gasteiger partial charge is 0.130 e. The molecule has 1 saturated heterocycles. The van der Waals surface area contributed by atoms with E-state index in [-0.39, 0.29) is 23.3 Å². The second-order valence-corrected chi connectivity index (χ2v) is 7.24. The average Bonchev–Trinajstić information content (AvgIpc) is 2.78. The monoisotopic (exact) mass is 275 g/mol. The lowest BCUT2D eigenvalue weighted by molar-refractivity contribution is -0.0846. The molecule has 3 rings (SSSR count). The second kappa shape index (κ2) is 4.47. The minimum atomic E-state index is -0.257. The molecule has 1 fully saturated rings. The molecular formula is C17H25NO2. The molecule has 0 amide bonds. The van der Waals surface area contributed by atoms with Gasteiger partial charge in [-0.3, -0.25) is 0 Å². The van der Waals surface area contributed by atoms with E-state index in [1.54, 1.807) is 0 Å². The van der Waals surface area contributed by atoms with Gasteiger partial charge in [-0.15, -0.1) is 0 Å². The highest BCUT2D eigenvalue weighted by molar-refractivity contribution is 5.45. The number of ether oxygens (including phenoxy) is 2. The van der Waals surface area contributed by atoms with Crippen LogP contribution in [0.3, 0.4) is 0 Å². The summed E-state index contributed by atoms with van der Waals surface area (Å²) in [5.74, 6) is 0.995. The molecule has 0 saturated carbocycles. The van der Waals surface area contributed by atoms with Crippen molar-refractivity contribution in [3.63, 3.8) is 0 Å². The zero-order valence-electron chi connectivity index (χ0n) is 12.9. The Hall–Kier alpha value is -1.06. The van der Waals surface area contributed by atoms with Crippen LogP contribution in [0.15, 0.2) is 18.2 Å². The van der Waals surface area contributed by atoms with Crippen molar-refractivity contribution in [1.82, 2.24) is 0 Å². The van der Waals surface area contributed by atoms with Crippen LogP contribution in [0.1, 0.15) is 57.7 Å². The molecule has 1 aliphatic carbocycles. The SMILES string of the molecule is CC1(C)CC(Oc2cccc3c2CCC3N)C(C)(C)O1. The van der Waals surface area contributed by atoms with E-state index in [4.69, 9.17) is 15.2 Å². The van der Waals surface area contributed by atoms with Crippen molar-refractivity contribution in [2.45, 2.75) is 70.3 Å². The number of rotatable bonds is 2. The molecular weight excluding hydrogens is 250 g/mol. The molecule has 0 radical (unpaired) electrons. The zero-order chi connectivity index (χ0) is 14.5. The zero-order valence-corrected chi connectivity index (χ0v) is 12.9. The number of nitrogens with two attached hydrogens (primary N) is 1. The third-order valence-corrected chi connectivity index (χ3v) is 4.54. The summed E-state index contributed by atoms with van der Waals surface area (Å²) in [6, 6.07) is 6.41. The van der Waals surface area contributed by atoms with E-state index in [9.17, 15) is 0 Å². The Balaban J connectivity index is 1.86. The van der Waals surface area contributed by atoms with Crippen LogP contribution in [0, 0.1) is 0 Å². The molecule has 3 heteroatoms. The van der Waals surface area contributed by atoms with E-state index in [1.165, 1.54) is 11.1 Å². The molecule has 2 atom stereocenters. The van der Waals surface area contributed by atoms with Gasteiger partial charge >= 0.3 is 0 Å². The lowest BCUT2D eigenvalue weighted by Crippen LogP contribution is -2.36. The van der Waals surface area contributed by atoms with Crippen LogP contribution in [0.25, 0.3) is 0 Å². The first-order valence-corrected chi connectivity index (χ1v) is 7.53. The Labute approximate surface area is 121 Å². The molecule has 2 N–H and O–H groups in total. The molecule has 1 aliphatic heterocycles. The van der Waals surface area contributed by atoms with Crippen LogP contribution in [0.5, 0.6) is 5.75 Å². The van der Waals surface area contributed by atoms with Gasteiger partial charge in [0.05, 0.1) is 5.60 Å². The fourth-order valence-corrected chi connectivity index (χ4v) is 3.61. The van der Waals surface area contributed by atoms with Crippen LogP contribution in [-0.4, -0.2) is 17.3 Å². The molecule has 1 heterocycles. The Morgan fingerprint density at radius 2 is 2.00 bits per heavy atom. The van der Waals surface area contributed by atoms with Crippen molar-refractivity contribution in [3.8, 4) is 5.75 Å². The summed E-state index contributed by atoms with van der Waals surface area (Å²) < 4.78 is 12.4. The van der Waals surface area contributed by atoms with Gasteiger partial charge in [0.25, 0.3) is 0 Å². The summed E-state index contributed by atoms with van der Waals surface area (Å²) >= 11 is 0. The average molecular weight is 275 g/mol. The molecule has 0 spiro atoms. The lowest BCUT2D eigenvalue weighted by Gasteiger charge is -2.28. The lowest BCUT2D eigenvalue weighted by atomic mass is 9.97. The van der Waals surface area contributed by atoms with Gasteiger partial charge < -0.3 is 15.2 Å². The van der Waals surface area contributed by atoms with Gasteiger partial charge in [-0.25, -0.2) is 0 Å². The first kappa shape index (κ1) is 13.9. The summed E-state index contributed by atoms with van der Waals surface area (Å²) in [5.41, 5.74) is 8.30. The maximum atomic E-state index is 6.34. The Morgan fingerprint density at radius 1 is 1.25 bits per heavy atom. The van der Waals surface area contributed by atoms with Gasteiger partial charge in [-0.1, -0.05) is 12.1 Å². The van der Waals surface area contributed by atoms with E-state index >= 15 is 0 Å². The standard InChI is InChI=1S/C17H25NO2/c1-16(2)10-15(17(3,4)20-16)19-14-7-5-6-11-12(14)8-9-13(11)18/h5-7,13,15H,8-10,18H2,1-4H3. The van der Waals surface area contributed by atoms with E-state index in [0.717, 1.165) is 25.0 Å². The number of benzene rings is 1. The summed E-state index contributed by atoms with van der Waals surface area (Å²) in [7, 11) is 0. The van der Waals surface area contributed by atoms with Gasteiger partial charge in [0, 0.05) is 12.5 Å². The first-order valence-electron chi connectivity index (χ1n) is 7.53. The Morgan fingerprint density at radius 3 is 2.65 bits per heavy atom. The van der Waals surface area contributed by atoms with Crippen molar-refractivity contribution in [1.29, 1.82) is 0 Å². The molecule has 1 aromatic rings. The highest BCUT2D eigenvalue weighted by Gasteiger charge is 2.47. The van der Waals surface area contributed by atoms with E-state index < -0.39 is 0 Å². The summed E-state index contributed by atoms with van der Waals surface area (Å²) in [6.45, 7) is 8.48. The van der Waals surface area contributed by atoms with Crippen LogP contribution >= 0.6 is 0 Å². The number of hydrogen-bond donors (Lipinski definition) is 1. The molecule has 0 aromatic heterocycles. The third kappa shape index (κ3) is 2.33. The third-order valence-electron chi connectivity index (χ3n) is 4.54. The summed E-state index contributed by atoms with van der Waals surface area (Å²) in [4.78, 5) is 0. The van der Waals surface area contributed by atoms with Crippen LogP contribution in [0.4, 0.5) is 0 Å². The normalized spacial score (nSPS) is 30.2. The van der Waals surface area contributed by atoms with Crippen molar-refractivity contribution in [2.24, 2.45) is 5.73 Å². The highest BCUT2D eigenvalue weighted by atomic mass is 16.6. The largest absolute Gasteiger partial charge is 0.487 e. The molecule has 20 heavy (non-hydrogen) atoms. The fourth-order valence-electron chi connectivity index (χ4n) is 3.61. The van der Waals surface area contributed by atoms with Crippen LogP contribution in [0.2, 0.25) is 0 Å². The van der Waals surface area contributed by atoms with Gasteiger partial charge in [0.1, 0.15) is 17.5 Å². The van der Waals surface area contributed by atoms with Gasteiger partial charge in [0.15, 0.2) is 0 Å². The van der Waals surface area contributed by atoms with Crippen molar-refractivity contribution in [2.75, 3.05) is 0 Å². The number of hydrogen-bond acceptors (Lipinski definition) is 3. The fraction of sp³-hybridized carbons (Fsp3) is 0.647. The van der Waals surface area contributed by atoms with E-state index in [0.29, 0.717) is 0 Å². The maximum Gasteiger partial charge on any atom is 0.130 e. The van der Waals surface area contributed by atoms with Crippen molar-refractivity contribution >= 4 is 0 Å². The Bertz CT molecular complexity index is 522. The molecule has 110 valence electrons. The minimum Gasteiger partial charge on any atom is -0.487 e. The van der Waals surface area contributed by atoms with Crippen LogP contribution < -0.4 is 10.5 Å². The predicted octanol–water partition coefficient (Wildman–Crippen LogP) is 3.36. The van der Waals surface area contributed by atoms with Crippen molar-refractivity contribution in [3.05, 3.63) is 29.3 Å². The molecule has 1 aromatic carbocycles. The second-order valence-electron chi connectivity index (χ2n) is 7.24. The highest BCUT2D eigenvalue weighted by Crippen LogP contribution is 2.42. The quantitative estimate of drug-likeness (QED) is 0.900. The van der Waals surface area contributed by atoms with Crippen LogP contribution in [-0.2, 0) is 11.2 Å². The van der Waals surface area contributed by atoms with Gasteiger partial charge in [-0.2, -0.15) is 0 Å². The molecule has 2 unspecified atom stereocenters. The van der Waals surface area contributed by atoms with Crippen molar-refractivity contribution < 1.29 is 9.47 Å². The summed E-state index contributed by atoms with van der Waals surface area (Å²) in [5, 5.41) is 0. The van der Waals surface area contributed by atoms with Gasteiger partial charge in [-0.05, 0) is 57.7 Å². The molecule has 0 bridgehead atoms. The predicted molar refractivity (Wildman–Crippen MR) is 80.0 cm³/mol. The van der Waals surface area contributed by atoms with E-state index in [2.05, 4.69) is 39.8 Å². The maximum absolute atomic E-state index is 6.34. The van der Waals surface area contributed by atoms with E-state index in [1.807, 2.05) is 6.07 Å². The molecule has 2 aliphatic rings. The first-order chi connectivity index (χ1) is 9.28. The minimum absolute atomic E-state index is 0.0841. The molecule has 3 nitrogen and oxygen atoms in total.